The van der Waals surface area contributed by atoms with Gasteiger partial charge in [-0.15, -0.1) is 10.2 Å². The van der Waals surface area contributed by atoms with Crippen LogP contribution in [0.5, 0.6) is 0 Å². The molecule has 1 aromatic carbocycles. The Labute approximate surface area is 127 Å². The number of anilines is 1. The van der Waals surface area contributed by atoms with Crippen LogP contribution >= 0.6 is 23.2 Å². The van der Waals surface area contributed by atoms with Gasteiger partial charge in [0, 0.05) is 5.69 Å². The van der Waals surface area contributed by atoms with Gasteiger partial charge in [-0.3, -0.25) is 4.79 Å². The molecule has 0 unspecified atom stereocenters. The largest absolute Gasteiger partial charge is 0.321 e. The molecule has 6 heteroatoms. The molecule has 0 spiro atoms. The van der Waals surface area contributed by atoms with Crippen LogP contribution in [0.1, 0.15) is 28.4 Å². The highest BCUT2D eigenvalue weighted by Crippen LogP contribution is 2.23. The number of para-hydroxylation sites is 1. The summed E-state index contributed by atoms with van der Waals surface area (Å²) in [5.41, 5.74) is 3.05. The Balaban J connectivity index is 2.35. The molecule has 2 rings (SSSR count). The van der Waals surface area contributed by atoms with Crippen LogP contribution < -0.4 is 5.32 Å². The minimum absolute atomic E-state index is 0.0264. The Kier molecular flexibility index (Phi) is 4.57. The maximum atomic E-state index is 12.3. The normalized spacial score (nSPS) is 10.4. The van der Waals surface area contributed by atoms with Crippen molar-refractivity contribution >= 4 is 34.8 Å². The summed E-state index contributed by atoms with van der Waals surface area (Å²) in [5.74, 6) is -0.351. The number of hydrogen-bond donors (Lipinski definition) is 1. The lowest BCUT2D eigenvalue weighted by Crippen LogP contribution is -2.15. The molecule has 20 heavy (non-hydrogen) atoms. The molecule has 0 saturated carbocycles. The Morgan fingerprint density at radius 3 is 2.75 bits per heavy atom. The SMILES string of the molecule is CCc1cccc(C)c1NC(=O)c1cc(Cl)nnc1Cl. The van der Waals surface area contributed by atoms with Crippen molar-refractivity contribution in [2.24, 2.45) is 0 Å². The van der Waals surface area contributed by atoms with E-state index in [2.05, 4.69) is 15.5 Å². The van der Waals surface area contributed by atoms with Crippen molar-refractivity contribution in [2.75, 3.05) is 5.32 Å². The van der Waals surface area contributed by atoms with Gasteiger partial charge < -0.3 is 5.32 Å². The maximum absolute atomic E-state index is 12.3. The second kappa shape index (κ2) is 6.20. The van der Waals surface area contributed by atoms with Crippen molar-refractivity contribution in [3.05, 3.63) is 51.3 Å². The molecule has 1 amide bonds. The molecule has 1 heterocycles. The van der Waals surface area contributed by atoms with Crippen LogP contribution in [0.25, 0.3) is 0 Å². The first-order valence-electron chi connectivity index (χ1n) is 6.11. The second-order valence-corrected chi connectivity index (χ2v) is 5.03. The summed E-state index contributed by atoms with van der Waals surface area (Å²) >= 11 is 11.6. The number of benzene rings is 1. The van der Waals surface area contributed by atoms with E-state index in [0.29, 0.717) is 0 Å². The molecule has 0 saturated heterocycles. The van der Waals surface area contributed by atoms with Gasteiger partial charge in [0.15, 0.2) is 10.3 Å². The van der Waals surface area contributed by atoms with Crippen LogP contribution in [0.4, 0.5) is 5.69 Å². The quantitative estimate of drug-likeness (QED) is 0.935. The van der Waals surface area contributed by atoms with Gasteiger partial charge in [0.2, 0.25) is 0 Å². The molecule has 4 nitrogen and oxygen atoms in total. The standard InChI is InChI=1S/C14H13Cl2N3O/c1-3-9-6-4-5-8(2)12(9)17-14(20)10-7-11(15)18-19-13(10)16/h4-7H,3H2,1-2H3,(H,17,20). The van der Waals surface area contributed by atoms with Gasteiger partial charge in [0.05, 0.1) is 5.56 Å². The van der Waals surface area contributed by atoms with Crippen LogP contribution in [0.2, 0.25) is 10.3 Å². The third kappa shape index (κ3) is 3.08. The lowest BCUT2D eigenvalue weighted by atomic mass is 10.1. The van der Waals surface area contributed by atoms with Gasteiger partial charge in [0.25, 0.3) is 5.91 Å². The van der Waals surface area contributed by atoms with Crippen LogP contribution in [-0.2, 0) is 6.42 Å². The smallest absolute Gasteiger partial charge is 0.258 e. The van der Waals surface area contributed by atoms with E-state index in [4.69, 9.17) is 23.2 Å². The number of hydrogen-bond acceptors (Lipinski definition) is 3. The zero-order valence-corrected chi connectivity index (χ0v) is 12.6. The number of carbonyl (C=O) groups excluding carboxylic acids is 1. The van der Waals surface area contributed by atoms with Gasteiger partial charge in [-0.2, -0.15) is 0 Å². The Bertz CT molecular complexity index is 659. The van der Waals surface area contributed by atoms with Crippen LogP contribution in [0.3, 0.4) is 0 Å². The molecule has 2 aromatic rings. The molecule has 0 aliphatic heterocycles. The number of nitrogens with zero attached hydrogens (tertiary/aromatic N) is 2. The van der Waals surface area contributed by atoms with Gasteiger partial charge in [-0.05, 0) is 30.5 Å². The van der Waals surface area contributed by atoms with Crippen molar-refractivity contribution in [1.82, 2.24) is 10.2 Å². The average molecular weight is 310 g/mol. The van der Waals surface area contributed by atoms with E-state index in [1.807, 2.05) is 32.0 Å². The highest BCUT2D eigenvalue weighted by atomic mass is 35.5. The van der Waals surface area contributed by atoms with Crippen LogP contribution in [-0.4, -0.2) is 16.1 Å². The number of nitrogens with one attached hydrogen (secondary N) is 1. The number of amides is 1. The predicted octanol–water partition coefficient (Wildman–Crippen LogP) is 3.91. The van der Waals surface area contributed by atoms with Crippen LogP contribution in [0, 0.1) is 6.92 Å². The van der Waals surface area contributed by atoms with Gasteiger partial charge in [0.1, 0.15) is 0 Å². The summed E-state index contributed by atoms with van der Waals surface area (Å²) in [6.45, 7) is 3.97. The summed E-state index contributed by atoms with van der Waals surface area (Å²) in [5, 5.41) is 10.2. The Hall–Kier alpha value is -1.65. The van der Waals surface area contributed by atoms with Crippen molar-refractivity contribution < 1.29 is 4.79 Å². The minimum Gasteiger partial charge on any atom is -0.321 e. The monoisotopic (exact) mass is 309 g/mol. The molecule has 0 aliphatic carbocycles. The number of aryl methyl sites for hydroxylation is 2. The Morgan fingerprint density at radius 2 is 2.05 bits per heavy atom. The van der Waals surface area contributed by atoms with Crippen molar-refractivity contribution in [2.45, 2.75) is 20.3 Å². The first kappa shape index (κ1) is 14.8. The topological polar surface area (TPSA) is 54.9 Å². The number of rotatable bonds is 3. The predicted molar refractivity (Wildman–Crippen MR) is 80.6 cm³/mol. The molecule has 104 valence electrons. The first-order valence-corrected chi connectivity index (χ1v) is 6.87. The van der Waals surface area contributed by atoms with Crippen LogP contribution in [0.15, 0.2) is 24.3 Å². The lowest BCUT2D eigenvalue weighted by Gasteiger charge is -2.13. The summed E-state index contributed by atoms with van der Waals surface area (Å²) in [4.78, 5) is 12.3. The zero-order chi connectivity index (χ0) is 14.7. The van der Waals surface area contributed by atoms with E-state index >= 15 is 0 Å². The molecule has 1 N–H and O–H groups in total. The Morgan fingerprint density at radius 1 is 1.30 bits per heavy atom. The lowest BCUT2D eigenvalue weighted by molar-refractivity contribution is 0.102. The van der Waals surface area contributed by atoms with Crippen molar-refractivity contribution in [1.29, 1.82) is 0 Å². The van der Waals surface area contributed by atoms with Crippen molar-refractivity contribution in [3.8, 4) is 0 Å². The fourth-order valence-electron chi connectivity index (χ4n) is 1.90. The van der Waals surface area contributed by atoms with E-state index in [-0.39, 0.29) is 21.8 Å². The van der Waals surface area contributed by atoms with Gasteiger partial charge in [-0.1, -0.05) is 48.3 Å². The molecular formula is C14H13Cl2N3O. The van der Waals surface area contributed by atoms with E-state index in [1.54, 1.807) is 0 Å². The van der Waals surface area contributed by atoms with E-state index < -0.39 is 0 Å². The van der Waals surface area contributed by atoms with Crippen molar-refractivity contribution in [3.63, 3.8) is 0 Å². The summed E-state index contributed by atoms with van der Waals surface area (Å²) in [6.07, 6.45) is 0.820. The number of carbonyl (C=O) groups is 1. The summed E-state index contributed by atoms with van der Waals surface area (Å²) < 4.78 is 0. The second-order valence-electron chi connectivity index (χ2n) is 4.29. The average Bonchev–Trinajstić information content (AvgIpc) is 2.43. The third-order valence-corrected chi connectivity index (χ3v) is 3.41. The van der Waals surface area contributed by atoms with E-state index in [0.717, 1.165) is 23.2 Å². The molecule has 0 radical (unpaired) electrons. The molecule has 0 atom stereocenters. The molecule has 0 aliphatic rings. The number of halogens is 2. The van der Waals surface area contributed by atoms with E-state index in [1.165, 1.54) is 6.07 Å². The fraction of sp³-hybridized carbons (Fsp3) is 0.214. The number of aromatic nitrogens is 2. The minimum atomic E-state index is -0.351. The highest BCUT2D eigenvalue weighted by molar-refractivity contribution is 6.34. The molecular weight excluding hydrogens is 297 g/mol. The third-order valence-electron chi connectivity index (χ3n) is 2.94. The van der Waals surface area contributed by atoms with E-state index in [9.17, 15) is 4.79 Å². The summed E-state index contributed by atoms with van der Waals surface area (Å²) in [7, 11) is 0. The maximum Gasteiger partial charge on any atom is 0.258 e. The van der Waals surface area contributed by atoms with Gasteiger partial charge in [-0.25, -0.2) is 0 Å². The summed E-state index contributed by atoms with van der Waals surface area (Å²) in [6, 6.07) is 7.27. The molecule has 0 fully saturated rings. The first-order chi connectivity index (χ1) is 9.52. The van der Waals surface area contributed by atoms with Gasteiger partial charge >= 0.3 is 0 Å². The zero-order valence-electron chi connectivity index (χ0n) is 11.1. The molecule has 0 bridgehead atoms. The highest BCUT2D eigenvalue weighted by Gasteiger charge is 2.15. The fourth-order valence-corrected chi connectivity index (χ4v) is 2.22. The molecule has 1 aromatic heterocycles.